The number of hydrogen-bond donors (Lipinski definition) is 1. The summed E-state index contributed by atoms with van der Waals surface area (Å²) in [7, 11) is -2.09. The molecular weight excluding hydrogens is 404 g/mol. The van der Waals surface area contributed by atoms with E-state index in [0.29, 0.717) is 24.5 Å². The number of carbonyl (C=O) groups excluding carboxylic acids is 1. The van der Waals surface area contributed by atoms with E-state index in [0.717, 1.165) is 21.9 Å². The standard InChI is InChI=1S/C22H30N2O5S/c1-6-21(17-8-12-19(28-4)13-9-17)23-22(25)16(3)24(30(5,26)27)18-10-14-20(15-11-18)29-7-2/h8-16,21H,6-7H2,1-5H3,(H,23,25)/t16-,21+/m0/s1. The zero-order valence-electron chi connectivity index (χ0n) is 18.1. The maximum atomic E-state index is 13.0. The Morgan fingerprint density at radius 2 is 1.60 bits per heavy atom. The minimum absolute atomic E-state index is 0.243. The maximum Gasteiger partial charge on any atom is 0.244 e. The molecule has 30 heavy (non-hydrogen) atoms. The summed E-state index contributed by atoms with van der Waals surface area (Å²) in [6.07, 6.45) is 1.75. The van der Waals surface area contributed by atoms with Crippen LogP contribution in [0, 0.1) is 0 Å². The second-order valence-electron chi connectivity index (χ2n) is 6.90. The van der Waals surface area contributed by atoms with E-state index in [1.54, 1.807) is 38.3 Å². The van der Waals surface area contributed by atoms with Gasteiger partial charge in [-0.1, -0.05) is 19.1 Å². The average Bonchev–Trinajstić information content (AvgIpc) is 2.72. The Labute approximate surface area is 179 Å². The molecule has 7 nitrogen and oxygen atoms in total. The van der Waals surface area contributed by atoms with Crippen LogP contribution in [0.2, 0.25) is 0 Å². The summed E-state index contributed by atoms with van der Waals surface area (Å²) in [5.74, 6) is 0.987. The van der Waals surface area contributed by atoms with Gasteiger partial charge in [-0.25, -0.2) is 8.42 Å². The van der Waals surface area contributed by atoms with Crippen LogP contribution in [-0.2, 0) is 14.8 Å². The number of carbonyl (C=O) groups is 1. The fraction of sp³-hybridized carbons (Fsp3) is 0.409. The van der Waals surface area contributed by atoms with Crippen molar-refractivity contribution in [2.75, 3.05) is 24.3 Å². The lowest BCUT2D eigenvalue weighted by Crippen LogP contribution is -2.48. The Hall–Kier alpha value is -2.74. The zero-order valence-corrected chi connectivity index (χ0v) is 18.9. The third-order valence-electron chi connectivity index (χ3n) is 4.73. The Balaban J connectivity index is 2.23. The van der Waals surface area contributed by atoms with Crippen LogP contribution in [0.3, 0.4) is 0 Å². The van der Waals surface area contributed by atoms with Crippen molar-refractivity contribution in [1.29, 1.82) is 0 Å². The molecule has 0 spiro atoms. The highest BCUT2D eigenvalue weighted by Gasteiger charge is 2.30. The van der Waals surface area contributed by atoms with Gasteiger partial charge in [0.1, 0.15) is 17.5 Å². The molecule has 0 saturated carbocycles. The lowest BCUT2D eigenvalue weighted by molar-refractivity contribution is -0.122. The van der Waals surface area contributed by atoms with E-state index in [1.807, 2.05) is 38.1 Å². The van der Waals surface area contributed by atoms with E-state index in [9.17, 15) is 13.2 Å². The minimum Gasteiger partial charge on any atom is -0.497 e. The molecule has 0 saturated heterocycles. The van der Waals surface area contributed by atoms with E-state index < -0.39 is 16.1 Å². The number of benzene rings is 2. The first kappa shape index (κ1) is 23.5. The minimum atomic E-state index is -3.69. The third kappa shape index (κ3) is 5.89. The first-order chi connectivity index (χ1) is 14.2. The van der Waals surface area contributed by atoms with E-state index >= 15 is 0 Å². The summed E-state index contributed by atoms with van der Waals surface area (Å²) in [4.78, 5) is 13.0. The number of sulfonamides is 1. The van der Waals surface area contributed by atoms with Crippen LogP contribution in [0.25, 0.3) is 0 Å². The topological polar surface area (TPSA) is 84.9 Å². The van der Waals surface area contributed by atoms with Crippen molar-refractivity contribution < 1.29 is 22.7 Å². The molecule has 0 aliphatic rings. The first-order valence-electron chi connectivity index (χ1n) is 9.87. The third-order valence-corrected chi connectivity index (χ3v) is 5.98. The van der Waals surface area contributed by atoms with E-state index in [2.05, 4.69) is 5.32 Å². The Morgan fingerprint density at radius 3 is 2.07 bits per heavy atom. The monoisotopic (exact) mass is 434 g/mol. The summed E-state index contributed by atoms with van der Waals surface area (Å²) in [6, 6.07) is 12.9. The highest BCUT2D eigenvalue weighted by molar-refractivity contribution is 7.92. The van der Waals surface area contributed by atoms with Crippen LogP contribution in [0.4, 0.5) is 5.69 Å². The van der Waals surface area contributed by atoms with Gasteiger partial charge in [-0.05, 0) is 62.2 Å². The summed E-state index contributed by atoms with van der Waals surface area (Å²) < 4.78 is 36.7. The molecule has 0 bridgehead atoms. The van der Waals surface area contributed by atoms with E-state index in [-0.39, 0.29) is 11.9 Å². The van der Waals surface area contributed by atoms with E-state index in [1.165, 1.54) is 0 Å². The van der Waals surface area contributed by atoms with Gasteiger partial charge in [-0.15, -0.1) is 0 Å². The van der Waals surface area contributed by atoms with Crippen molar-refractivity contribution in [3.05, 3.63) is 54.1 Å². The molecule has 0 fully saturated rings. The Bertz CT molecular complexity index is 927. The molecule has 0 aliphatic carbocycles. The molecule has 0 heterocycles. The van der Waals surface area contributed by atoms with Crippen molar-refractivity contribution in [2.45, 2.75) is 39.3 Å². The van der Waals surface area contributed by atoms with Gasteiger partial charge in [-0.3, -0.25) is 9.10 Å². The van der Waals surface area contributed by atoms with E-state index in [4.69, 9.17) is 9.47 Å². The number of methoxy groups -OCH3 is 1. The van der Waals surface area contributed by atoms with Gasteiger partial charge in [0.25, 0.3) is 0 Å². The van der Waals surface area contributed by atoms with Crippen LogP contribution in [0.1, 0.15) is 38.8 Å². The fourth-order valence-electron chi connectivity index (χ4n) is 3.21. The fourth-order valence-corrected chi connectivity index (χ4v) is 4.39. The highest BCUT2D eigenvalue weighted by Crippen LogP contribution is 2.25. The van der Waals surface area contributed by atoms with Crippen molar-refractivity contribution in [3.8, 4) is 11.5 Å². The molecule has 2 rings (SSSR count). The first-order valence-corrected chi connectivity index (χ1v) is 11.7. The van der Waals surface area contributed by atoms with Crippen molar-refractivity contribution in [3.63, 3.8) is 0 Å². The van der Waals surface area contributed by atoms with Gasteiger partial charge in [0.2, 0.25) is 15.9 Å². The Morgan fingerprint density at radius 1 is 1.03 bits per heavy atom. The molecule has 2 aromatic rings. The predicted molar refractivity (Wildman–Crippen MR) is 119 cm³/mol. The number of amides is 1. The second kappa shape index (κ2) is 10.3. The maximum absolute atomic E-state index is 13.0. The van der Waals surface area contributed by atoms with Gasteiger partial charge in [0.05, 0.1) is 31.7 Å². The summed E-state index contributed by atoms with van der Waals surface area (Å²) >= 11 is 0. The molecule has 164 valence electrons. The van der Waals surface area contributed by atoms with Crippen molar-refractivity contribution in [2.24, 2.45) is 0 Å². The molecule has 0 radical (unpaired) electrons. The normalized spacial score (nSPS) is 13.2. The molecule has 2 aromatic carbocycles. The SMILES string of the molecule is CCOc1ccc(N([C@@H](C)C(=O)N[C@H](CC)c2ccc(OC)cc2)S(C)(=O)=O)cc1. The summed E-state index contributed by atoms with van der Waals surface area (Å²) in [6.45, 7) is 5.92. The van der Waals surface area contributed by atoms with Crippen LogP contribution < -0.4 is 19.1 Å². The van der Waals surface area contributed by atoms with Crippen LogP contribution in [0.15, 0.2) is 48.5 Å². The number of rotatable bonds is 10. The van der Waals surface area contributed by atoms with Crippen LogP contribution >= 0.6 is 0 Å². The lowest BCUT2D eigenvalue weighted by atomic mass is 10.0. The molecule has 0 unspecified atom stereocenters. The molecule has 8 heteroatoms. The lowest BCUT2D eigenvalue weighted by Gasteiger charge is -2.30. The quantitative estimate of drug-likeness (QED) is 0.618. The molecule has 2 atom stereocenters. The van der Waals surface area contributed by atoms with Gasteiger partial charge < -0.3 is 14.8 Å². The van der Waals surface area contributed by atoms with Crippen molar-refractivity contribution >= 4 is 21.6 Å². The molecular formula is C22H30N2O5S. The Kier molecular flexibility index (Phi) is 8.11. The zero-order chi connectivity index (χ0) is 22.3. The molecule has 1 N–H and O–H groups in total. The molecule has 0 aromatic heterocycles. The van der Waals surface area contributed by atoms with Gasteiger partial charge >= 0.3 is 0 Å². The smallest absolute Gasteiger partial charge is 0.244 e. The molecule has 1 amide bonds. The van der Waals surface area contributed by atoms with Crippen LogP contribution in [0.5, 0.6) is 11.5 Å². The number of nitrogens with one attached hydrogen (secondary N) is 1. The number of ether oxygens (including phenoxy) is 2. The van der Waals surface area contributed by atoms with Crippen molar-refractivity contribution in [1.82, 2.24) is 5.32 Å². The van der Waals surface area contributed by atoms with Crippen LogP contribution in [-0.4, -0.2) is 40.3 Å². The number of nitrogens with zero attached hydrogens (tertiary/aromatic N) is 1. The number of hydrogen-bond acceptors (Lipinski definition) is 5. The number of anilines is 1. The predicted octanol–water partition coefficient (Wildman–Crippen LogP) is 3.52. The largest absolute Gasteiger partial charge is 0.497 e. The second-order valence-corrected chi connectivity index (χ2v) is 8.76. The van der Waals surface area contributed by atoms with Gasteiger partial charge in [0.15, 0.2) is 0 Å². The van der Waals surface area contributed by atoms with Gasteiger partial charge in [-0.2, -0.15) is 0 Å². The van der Waals surface area contributed by atoms with Gasteiger partial charge in [0, 0.05) is 0 Å². The summed E-state index contributed by atoms with van der Waals surface area (Å²) in [5, 5.41) is 2.96. The summed E-state index contributed by atoms with van der Waals surface area (Å²) in [5.41, 5.74) is 1.33. The highest BCUT2D eigenvalue weighted by atomic mass is 32.2. The average molecular weight is 435 g/mol. The molecule has 0 aliphatic heterocycles.